The first-order valence-electron chi connectivity index (χ1n) is 8.20. The summed E-state index contributed by atoms with van der Waals surface area (Å²) < 4.78 is 0. The molecule has 0 spiro atoms. The van der Waals surface area contributed by atoms with Crippen LogP contribution in [0.2, 0.25) is 0 Å². The average Bonchev–Trinajstić information content (AvgIpc) is 3.06. The Morgan fingerprint density at radius 3 is 2.67 bits per heavy atom. The summed E-state index contributed by atoms with van der Waals surface area (Å²) in [5.41, 5.74) is 3.77. The van der Waals surface area contributed by atoms with Crippen molar-refractivity contribution in [3.8, 4) is 0 Å². The summed E-state index contributed by atoms with van der Waals surface area (Å²) in [5.74, 6) is 0.946. The lowest BCUT2D eigenvalue weighted by Gasteiger charge is -2.28. The highest BCUT2D eigenvalue weighted by molar-refractivity contribution is 5.84. The van der Waals surface area contributed by atoms with Crippen molar-refractivity contribution in [3.63, 3.8) is 0 Å². The van der Waals surface area contributed by atoms with Crippen LogP contribution >= 0.6 is 0 Å². The van der Waals surface area contributed by atoms with Crippen molar-refractivity contribution >= 4 is 5.91 Å². The minimum Gasteiger partial charge on any atom is -0.321 e. The Labute approximate surface area is 127 Å². The highest BCUT2D eigenvalue weighted by Crippen LogP contribution is 2.32. The van der Waals surface area contributed by atoms with E-state index in [2.05, 4.69) is 42.3 Å². The third kappa shape index (κ3) is 2.84. The number of amides is 1. The Kier molecular flexibility index (Phi) is 4.03. The van der Waals surface area contributed by atoms with Crippen molar-refractivity contribution in [2.45, 2.75) is 58.7 Å². The van der Waals surface area contributed by atoms with E-state index in [9.17, 15) is 4.79 Å². The number of hydrogen-bond acceptors (Lipinski definition) is 2. The smallest absolute Gasteiger partial charge is 0.241 e. The molecule has 1 aliphatic heterocycles. The lowest BCUT2D eigenvalue weighted by Crippen LogP contribution is -2.34. The average molecular weight is 286 g/mol. The zero-order valence-electron chi connectivity index (χ0n) is 13.4. The SMILES string of the molecule is Cc1ccc(C)c(C2NC(C)C(=O)N2CC2CCCC2)c1. The van der Waals surface area contributed by atoms with Gasteiger partial charge in [-0.15, -0.1) is 0 Å². The van der Waals surface area contributed by atoms with Gasteiger partial charge in [-0.1, -0.05) is 36.6 Å². The van der Waals surface area contributed by atoms with E-state index in [4.69, 9.17) is 0 Å². The number of benzene rings is 1. The van der Waals surface area contributed by atoms with Crippen molar-refractivity contribution < 1.29 is 4.79 Å². The van der Waals surface area contributed by atoms with E-state index in [0.29, 0.717) is 5.92 Å². The molecule has 1 heterocycles. The fourth-order valence-electron chi connectivity index (χ4n) is 3.75. The fourth-order valence-corrected chi connectivity index (χ4v) is 3.75. The van der Waals surface area contributed by atoms with E-state index >= 15 is 0 Å². The monoisotopic (exact) mass is 286 g/mol. The molecule has 3 nitrogen and oxygen atoms in total. The van der Waals surface area contributed by atoms with Crippen molar-refractivity contribution in [1.82, 2.24) is 10.2 Å². The standard InChI is InChI=1S/C18H26N2O/c1-12-8-9-13(2)16(10-12)17-19-14(3)18(21)20(17)11-15-6-4-5-7-15/h8-10,14-15,17,19H,4-7,11H2,1-3H3. The van der Waals surface area contributed by atoms with Crippen LogP contribution in [0.15, 0.2) is 18.2 Å². The zero-order valence-corrected chi connectivity index (χ0v) is 13.4. The Hall–Kier alpha value is -1.35. The molecule has 1 amide bonds. The second kappa shape index (κ2) is 5.80. The van der Waals surface area contributed by atoms with Gasteiger partial charge in [0.1, 0.15) is 6.17 Å². The van der Waals surface area contributed by atoms with Crippen molar-refractivity contribution in [3.05, 3.63) is 34.9 Å². The zero-order chi connectivity index (χ0) is 15.0. The first-order valence-corrected chi connectivity index (χ1v) is 8.20. The van der Waals surface area contributed by atoms with Gasteiger partial charge in [0.05, 0.1) is 6.04 Å². The van der Waals surface area contributed by atoms with Gasteiger partial charge >= 0.3 is 0 Å². The van der Waals surface area contributed by atoms with Crippen LogP contribution in [0.5, 0.6) is 0 Å². The number of aryl methyl sites for hydroxylation is 2. The molecule has 2 atom stereocenters. The molecular formula is C18H26N2O. The minimum atomic E-state index is -0.0729. The summed E-state index contributed by atoms with van der Waals surface area (Å²) in [4.78, 5) is 14.6. The summed E-state index contributed by atoms with van der Waals surface area (Å²) in [6.45, 7) is 7.14. The molecule has 0 aromatic heterocycles. The van der Waals surface area contributed by atoms with E-state index < -0.39 is 0 Å². The fraction of sp³-hybridized carbons (Fsp3) is 0.611. The molecule has 1 saturated carbocycles. The van der Waals surface area contributed by atoms with Gasteiger partial charge < -0.3 is 4.90 Å². The molecule has 21 heavy (non-hydrogen) atoms. The van der Waals surface area contributed by atoms with Crippen molar-refractivity contribution in [1.29, 1.82) is 0 Å². The van der Waals surface area contributed by atoms with Gasteiger partial charge in [0.15, 0.2) is 0 Å². The molecular weight excluding hydrogens is 260 g/mol. The number of carbonyl (C=O) groups is 1. The third-order valence-corrected chi connectivity index (χ3v) is 5.03. The number of carbonyl (C=O) groups excluding carboxylic acids is 1. The Morgan fingerprint density at radius 2 is 1.95 bits per heavy atom. The molecule has 1 aromatic carbocycles. The first-order chi connectivity index (χ1) is 10.1. The number of rotatable bonds is 3. The highest BCUT2D eigenvalue weighted by atomic mass is 16.2. The van der Waals surface area contributed by atoms with Gasteiger partial charge in [0.25, 0.3) is 0 Å². The Morgan fingerprint density at radius 1 is 1.24 bits per heavy atom. The van der Waals surface area contributed by atoms with Crippen molar-refractivity contribution in [2.24, 2.45) is 5.92 Å². The molecule has 2 unspecified atom stereocenters. The molecule has 3 rings (SSSR count). The normalized spacial score (nSPS) is 26.8. The lowest BCUT2D eigenvalue weighted by molar-refractivity contribution is -0.130. The molecule has 1 N–H and O–H groups in total. The molecule has 0 bridgehead atoms. The summed E-state index contributed by atoms with van der Waals surface area (Å²) in [7, 11) is 0. The lowest BCUT2D eigenvalue weighted by atomic mass is 10.0. The summed E-state index contributed by atoms with van der Waals surface area (Å²) in [5, 5.41) is 3.49. The van der Waals surface area contributed by atoms with Crippen LogP contribution in [0, 0.1) is 19.8 Å². The maximum Gasteiger partial charge on any atom is 0.241 e. The third-order valence-electron chi connectivity index (χ3n) is 5.03. The number of nitrogens with zero attached hydrogens (tertiary/aromatic N) is 1. The molecule has 1 aromatic rings. The predicted octanol–water partition coefficient (Wildman–Crippen LogP) is 3.31. The quantitative estimate of drug-likeness (QED) is 0.924. The van der Waals surface area contributed by atoms with E-state index in [1.807, 2.05) is 6.92 Å². The van der Waals surface area contributed by atoms with Crippen LogP contribution in [-0.4, -0.2) is 23.4 Å². The van der Waals surface area contributed by atoms with E-state index in [0.717, 1.165) is 6.54 Å². The molecule has 1 saturated heterocycles. The van der Waals surface area contributed by atoms with Gasteiger partial charge in [-0.3, -0.25) is 10.1 Å². The Bertz CT molecular complexity index is 534. The molecule has 114 valence electrons. The van der Waals surface area contributed by atoms with Crippen LogP contribution in [0.25, 0.3) is 0 Å². The number of hydrogen-bond donors (Lipinski definition) is 1. The maximum atomic E-state index is 12.5. The Balaban J connectivity index is 1.87. The van der Waals surface area contributed by atoms with Gasteiger partial charge in [0.2, 0.25) is 5.91 Å². The molecule has 3 heteroatoms. The van der Waals surface area contributed by atoms with Gasteiger partial charge in [0, 0.05) is 6.54 Å². The molecule has 1 aliphatic carbocycles. The minimum absolute atomic E-state index is 0.0491. The first kappa shape index (κ1) is 14.6. The largest absolute Gasteiger partial charge is 0.321 e. The van der Waals surface area contributed by atoms with E-state index in [1.165, 1.54) is 42.4 Å². The predicted molar refractivity (Wildman–Crippen MR) is 84.9 cm³/mol. The molecule has 2 fully saturated rings. The number of nitrogens with one attached hydrogen (secondary N) is 1. The topological polar surface area (TPSA) is 32.3 Å². The van der Waals surface area contributed by atoms with Crippen LogP contribution in [-0.2, 0) is 4.79 Å². The summed E-state index contributed by atoms with van der Waals surface area (Å²) in [6, 6.07) is 6.45. The van der Waals surface area contributed by atoms with Gasteiger partial charge in [-0.2, -0.15) is 0 Å². The summed E-state index contributed by atoms with van der Waals surface area (Å²) >= 11 is 0. The van der Waals surface area contributed by atoms with Crippen LogP contribution in [0.3, 0.4) is 0 Å². The second-order valence-electron chi connectivity index (χ2n) is 6.79. The van der Waals surface area contributed by atoms with Gasteiger partial charge in [-0.25, -0.2) is 0 Å². The second-order valence-corrected chi connectivity index (χ2v) is 6.79. The van der Waals surface area contributed by atoms with Crippen molar-refractivity contribution in [2.75, 3.05) is 6.54 Å². The highest BCUT2D eigenvalue weighted by Gasteiger charge is 2.38. The van der Waals surface area contributed by atoms with Crippen LogP contribution < -0.4 is 5.32 Å². The molecule has 0 radical (unpaired) electrons. The molecule has 2 aliphatic rings. The van der Waals surface area contributed by atoms with E-state index in [-0.39, 0.29) is 18.1 Å². The van der Waals surface area contributed by atoms with Crippen LogP contribution in [0.4, 0.5) is 0 Å². The van der Waals surface area contributed by atoms with E-state index in [1.54, 1.807) is 0 Å². The van der Waals surface area contributed by atoms with Gasteiger partial charge in [-0.05, 0) is 50.7 Å². The van der Waals surface area contributed by atoms with Crippen LogP contribution in [0.1, 0.15) is 55.5 Å². The summed E-state index contributed by atoms with van der Waals surface area (Å²) in [6.07, 6.45) is 5.25. The maximum absolute atomic E-state index is 12.5.